The molecule has 1 aromatic rings. The van der Waals surface area contributed by atoms with Crippen LogP contribution in [0.4, 0.5) is 0 Å². The summed E-state index contributed by atoms with van der Waals surface area (Å²) in [5, 5.41) is 3.22. The Morgan fingerprint density at radius 1 is 1.57 bits per heavy atom. The van der Waals surface area contributed by atoms with E-state index >= 15 is 0 Å². The zero-order chi connectivity index (χ0) is 10.6. The first kappa shape index (κ1) is 11.4. The van der Waals surface area contributed by atoms with Crippen molar-refractivity contribution in [2.75, 3.05) is 12.8 Å². The maximum absolute atomic E-state index is 11.5. The van der Waals surface area contributed by atoms with Crippen LogP contribution in [0.2, 0.25) is 5.02 Å². The lowest BCUT2D eigenvalue weighted by Crippen LogP contribution is -2.22. The largest absolute Gasteiger partial charge is 0.352 e. The molecule has 1 rings (SSSR count). The summed E-state index contributed by atoms with van der Waals surface area (Å²) in [7, 11) is 0. The summed E-state index contributed by atoms with van der Waals surface area (Å²) >= 11 is 7.50. The lowest BCUT2D eigenvalue weighted by Gasteiger charge is -2.05. The first-order valence-electron chi connectivity index (χ1n) is 4.30. The number of hydrogen-bond donors (Lipinski definition) is 1. The fraction of sp³-hybridized carbons (Fsp3) is 0.300. The van der Waals surface area contributed by atoms with Crippen LogP contribution in [0.25, 0.3) is 0 Å². The van der Waals surface area contributed by atoms with Crippen molar-refractivity contribution in [1.82, 2.24) is 5.32 Å². The van der Waals surface area contributed by atoms with E-state index in [-0.39, 0.29) is 5.91 Å². The van der Waals surface area contributed by atoms with Gasteiger partial charge in [-0.05, 0) is 31.4 Å². The lowest BCUT2D eigenvalue weighted by molar-refractivity contribution is 0.0956. The van der Waals surface area contributed by atoms with Gasteiger partial charge in [-0.2, -0.15) is 0 Å². The molecule has 0 aliphatic carbocycles. The fourth-order valence-corrected chi connectivity index (χ4v) is 1.70. The molecule has 0 heterocycles. The number of hydrogen-bond acceptors (Lipinski definition) is 2. The predicted octanol–water partition coefficient (Wildman–Crippen LogP) is 2.81. The summed E-state index contributed by atoms with van der Waals surface area (Å²) in [4.78, 5) is 12.6. The van der Waals surface area contributed by atoms with Gasteiger partial charge in [0.05, 0.1) is 10.6 Å². The Kier molecular flexibility index (Phi) is 4.29. The summed E-state index contributed by atoms with van der Waals surface area (Å²) < 4.78 is 0. The van der Waals surface area contributed by atoms with Gasteiger partial charge >= 0.3 is 0 Å². The molecule has 1 amide bonds. The molecule has 1 aromatic carbocycles. The van der Waals surface area contributed by atoms with E-state index < -0.39 is 0 Å². The minimum absolute atomic E-state index is 0.117. The van der Waals surface area contributed by atoms with Crippen LogP contribution < -0.4 is 5.32 Å². The molecular weight excluding hydrogens is 218 g/mol. The van der Waals surface area contributed by atoms with Crippen molar-refractivity contribution in [2.24, 2.45) is 0 Å². The molecule has 0 unspecified atom stereocenters. The highest BCUT2D eigenvalue weighted by Gasteiger charge is 2.09. The molecule has 0 fully saturated rings. The van der Waals surface area contributed by atoms with Crippen molar-refractivity contribution < 1.29 is 4.79 Å². The van der Waals surface area contributed by atoms with Crippen molar-refractivity contribution in [1.29, 1.82) is 0 Å². The van der Waals surface area contributed by atoms with Crippen LogP contribution in [-0.4, -0.2) is 18.7 Å². The second-order valence-corrected chi connectivity index (χ2v) is 3.99. The number of rotatable bonds is 3. The van der Waals surface area contributed by atoms with Crippen LogP contribution in [0.1, 0.15) is 17.3 Å². The van der Waals surface area contributed by atoms with Crippen LogP contribution in [0.15, 0.2) is 23.1 Å². The van der Waals surface area contributed by atoms with Gasteiger partial charge in [-0.1, -0.05) is 11.6 Å². The average Bonchev–Trinajstić information content (AvgIpc) is 2.19. The Bertz CT molecular complexity index is 341. The lowest BCUT2D eigenvalue weighted by atomic mass is 10.2. The number of amides is 1. The molecule has 0 spiro atoms. The molecule has 76 valence electrons. The van der Waals surface area contributed by atoms with Gasteiger partial charge in [0, 0.05) is 11.4 Å². The Morgan fingerprint density at radius 3 is 2.86 bits per heavy atom. The van der Waals surface area contributed by atoms with E-state index in [0.29, 0.717) is 17.1 Å². The monoisotopic (exact) mass is 229 g/mol. The van der Waals surface area contributed by atoms with Crippen LogP contribution in [0, 0.1) is 0 Å². The number of nitrogens with one attached hydrogen (secondary N) is 1. The first-order chi connectivity index (χ1) is 6.69. The summed E-state index contributed by atoms with van der Waals surface area (Å²) in [5.41, 5.74) is 0.542. The van der Waals surface area contributed by atoms with Gasteiger partial charge in [-0.3, -0.25) is 4.79 Å². The van der Waals surface area contributed by atoms with Crippen LogP contribution >= 0.6 is 23.4 Å². The maximum atomic E-state index is 11.5. The van der Waals surface area contributed by atoms with E-state index in [1.54, 1.807) is 23.9 Å². The summed E-state index contributed by atoms with van der Waals surface area (Å²) in [6, 6.07) is 5.45. The van der Waals surface area contributed by atoms with E-state index in [4.69, 9.17) is 11.6 Å². The second kappa shape index (κ2) is 5.27. The number of carbonyl (C=O) groups excluding carboxylic acids is 1. The third kappa shape index (κ3) is 2.66. The van der Waals surface area contributed by atoms with E-state index in [0.717, 1.165) is 4.90 Å². The fourth-order valence-electron chi connectivity index (χ4n) is 1.06. The molecule has 0 saturated carbocycles. The molecule has 4 heteroatoms. The molecule has 14 heavy (non-hydrogen) atoms. The molecule has 2 nitrogen and oxygen atoms in total. The minimum Gasteiger partial charge on any atom is -0.352 e. The zero-order valence-electron chi connectivity index (χ0n) is 8.13. The second-order valence-electron chi connectivity index (χ2n) is 2.71. The average molecular weight is 230 g/mol. The van der Waals surface area contributed by atoms with Gasteiger partial charge in [0.25, 0.3) is 5.91 Å². The topological polar surface area (TPSA) is 29.1 Å². The summed E-state index contributed by atoms with van der Waals surface area (Å²) in [6.07, 6.45) is 1.96. The SMILES string of the molecule is CCNC(=O)c1cc(SC)ccc1Cl. The number of carbonyl (C=O) groups is 1. The number of halogens is 1. The van der Waals surface area contributed by atoms with E-state index in [2.05, 4.69) is 5.32 Å². The molecule has 1 N–H and O–H groups in total. The highest BCUT2D eigenvalue weighted by molar-refractivity contribution is 7.98. The quantitative estimate of drug-likeness (QED) is 0.808. The smallest absolute Gasteiger partial charge is 0.252 e. The van der Waals surface area contributed by atoms with Crippen molar-refractivity contribution >= 4 is 29.3 Å². The van der Waals surface area contributed by atoms with E-state index in [1.807, 2.05) is 19.2 Å². The van der Waals surface area contributed by atoms with E-state index in [9.17, 15) is 4.79 Å². The van der Waals surface area contributed by atoms with Crippen LogP contribution in [0.5, 0.6) is 0 Å². The highest BCUT2D eigenvalue weighted by Crippen LogP contribution is 2.22. The van der Waals surface area contributed by atoms with Crippen molar-refractivity contribution in [3.8, 4) is 0 Å². The van der Waals surface area contributed by atoms with Crippen molar-refractivity contribution in [3.63, 3.8) is 0 Å². The van der Waals surface area contributed by atoms with Crippen molar-refractivity contribution in [3.05, 3.63) is 28.8 Å². The third-order valence-electron chi connectivity index (χ3n) is 1.76. The summed E-state index contributed by atoms with van der Waals surface area (Å²) in [5.74, 6) is -0.117. The van der Waals surface area contributed by atoms with Crippen molar-refractivity contribution in [2.45, 2.75) is 11.8 Å². The van der Waals surface area contributed by atoms with Crippen LogP contribution in [-0.2, 0) is 0 Å². The zero-order valence-corrected chi connectivity index (χ0v) is 9.71. The molecular formula is C10H12ClNOS. The molecule has 0 bridgehead atoms. The number of benzene rings is 1. The van der Waals surface area contributed by atoms with Gasteiger partial charge in [-0.15, -0.1) is 11.8 Å². The summed E-state index contributed by atoms with van der Waals surface area (Å²) in [6.45, 7) is 2.49. The Hall–Kier alpha value is -0.670. The Morgan fingerprint density at radius 2 is 2.29 bits per heavy atom. The van der Waals surface area contributed by atoms with Gasteiger partial charge in [0.15, 0.2) is 0 Å². The van der Waals surface area contributed by atoms with Gasteiger partial charge in [0.1, 0.15) is 0 Å². The van der Waals surface area contributed by atoms with Gasteiger partial charge in [0.2, 0.25) is 0 Å². The third-order valence-corrected chi connectivity index (χ3v) is 2.81. The van der Waals surface area contributed by atoms with Gasteiger partial charge < -0.3 is 5.32 Å². The predicted molar refractivity (Wildman–Crippen MR) is 61.2 cm³/mol. The van der Waals surface area contributed by atoms with E-state index in [1.165, 1.54) is 0 Å². The molecule has 0 saturated heterocycles. The Balaban J connectivity index is 2.99. The molecule has 0 radical (unpaired) electrons. The van der Waals surface area contributed by atoms with Gasteiger partial charge in [-0.25, -0.2) is 0 Å². The molecule has 0 aliphatic rings. The number of thioether (sulfide) groups is 1. The minimum atomic E-state index is -0.117. The molecule has 0 aliphatic heterocycles. The first-order valence-corrected chi connectivity index (χ1v) is 5.91. The maximum Gasteiger partial charge on any atom is 0.252 e. The Labute approximate surface area is 93.0 Å². The standard InChI is InChI=1S/C10H12ClNOS/c1-3-12-10(13)8-6-7(14-2)4-5-9(8)11/h4-6H,3H2,1-2H3,(H,12,13). The molecule has 0 atom stereocenters. The molecule has 0 aromatic heterocycles. The van der Waals surface area contributed by atoms with Crippen LogP contribution in [0.3, 0.4) is 0 Å². The normalized spacial score (nSPS) is 9.93. The highest BCUT2D eigenvalue weighted by atomic mass is 35.5.